The number of anilines is 1. The molecule has 1 aromatic rings. The van der Waals surface area contributed by atoms with Gasteiger partial charge >= 0.3 is 0 Å². The summed E-state index contributed by atoms with van der Waals surface area (Å²) in [6.07, 6.45) is 5.08. The molecule has 0 aromatic carbocycles. The van der Waals surface area contributed by atoms with Crippen LogP contribution in [0.4, 0.5) is 5.82 Å². The first-order valence-corrected chi connectivity index (χ1v) is 6.71. The molecule has 4 nitrogen and oxygen atoms in total. The lowest BCUT2D eigenvalue weighted by Crippen LogP contribution is -2.20. The highest BCUT2D eigenvalue weighted by atomic mass is 16.5. The zero-order chi connectivity index (χ0) is 12.4. The van der Waals surface area contributed by atoms with Gasteiger partial charge in [0.15, 0.2) is 5.78 Å². The van der Waals surface area contributed by atoms with E-state index in [0.29, 0.717) is 12.5 Å². The molecule has 1 fully saturated rings. The number of nitrogens with one attached hydrogen (secondary N) is 1. The number of carbonyl (C=O) groups excluding carboxylic acids is 1. The number of ketones is 1. The highest BCUT2D eigenvalue weighted by Gasteiger charge is 2.19. The van der Waals surface area contributed by atoms with Crippen molar-refractivity contribution in [1.29, 1.82) is 0 Å². The first-order chi connectivity index (χ1) is 8.83. The Morgan fingerprint density at radius 3 is 3.11 bits per heavy atom. The fourth-order valence-corrected chi connectivity index (χ4v) is 2.62. The monoisotopic (exact) mass is 246 g/mol. The molecular weight excluding hydrogens is 228 g/mol. The number of Topliss-reactive ketones (excluding diaryl/α,β-unsaturated/α-hetero) is 1. The summed E-state index contributed by atoms with van der Waals surface area (Å²) in [5.74, 6) is 1.09. The number of carbonyl (C=O) groups is 1. The first kappa shape index (κ1) is 11.7. The summed E-state index contributed by atoms with van der Waals surface area (Å²) in [4.78, 5) is 16.2. The molecule has 2 heterocycles. The van der Waals surface area contributed by atoms with Crippen molar-refractivity contribution in [2.45, 2.75) is 38.2 Å². The first-order valence-electron chi connectivity index (χ1n) is 6.71. The van der Waals surface area contributed by atoms with Crippen molar-refractivity contribution in [3.63, 3.8) is 0 Å². The minimum atomic E-state index is 0.231. The number of pyridine rings is 1. The lowest BCUT2D eigenvalue weighted by Gasteiger charge is -2.16. The van der Waals surface area contributed by atoms with Gasteiger partial charge in [0.1, 0.15) is 5.82 Å². The number of nitrogens with zero attached hydrogens (tertiary/aromatic N) is 1. The Hall–Kier alpha value is -1.42. The molecule has 0 bridgehead atoms. The van der Waals surface area contributed by atoms with Gasteiger partial charge in [0.05, 0.1) is 11.8 Å². The average Bonchev–Trinajstić information content (AvgIpc) is 2.90. The minimum Gasteiger partial charge on any atom is -0.376 e. The summed E-state index contributed by atoms with van der Waals surface area (Å²) in [6.45, 7) is 1.68. The van der Waals surface area contributed by atoms with Gasteiger partial charge in [-0.05, 0) is 37.8 Å². The van der Waals surface area contributed by atoms with Gasteiger partial charge in [0.25, 0.3) is 0 Å². The number of ether oxygens (including phenoxy) is 1. The third-order valence-electron chi connectivity index (χ3n) is 3.63. The number of fused-ring (bicyclic) bond motifs is 1. The van der Waals surface area contributed by atoms with Crippen molar-refractivity contribution in [2.24, 2.45) is 0 Å². The number of hydrogen-bond donors (Lipinski definition) is 1. The summed E-state index contributed by atoms with van der Waals surface area (Å²) in [7, 11) is 0. The Balaban J connectivity index is 1.67. The van der Waals surface area contributed by atoms with Gasteiger partial charge in [-0.25, -0.2) is 4.98 Å². The SMILES string of the molecule is O=C1CCCc2nc(NCC3CCCO3)ccc21. The number of rotatable bonds is 3. The molecule has 1 unspecified atom stereocenters. The molecule has 0 radical (unpaired) electrons. The van der Waals surface area contributed by atoms with Crippen LogP contribution in [0.25, 0.3) is 0 Å². The van der Waals surface area contributed by atoms with Gasteiger partial charge < -0.3 is 10.1 Å². The van der Waals surface area contributed by atoms with E-state index in [1.54, 1.807) is 0 Å². The molecule has 18 heavy (non-hydrogen) atoms. The zero-order valence-corrected chi connectivity index (χ0v) is 10.4. The van der Waals surface area contributed by atoms with Crippen LogP contribution >= 0.6 is 0 Å². The Bertz CT molecular complexity index is 453. The van der Waals surface area contributed by atoms with Gasteiger partial charge in [-0.2, -0.15) is 0 Å². The summed E-state index contributed by atoms with van der Waals surface area (Å²) >= 11 is 0. The lowest BCUT2D eigenvalue weighted by atomic mass is 9.95. The topological polar surface area (TPSA) is 51.2 Å². The van der Waals surface area contributed by atoms with Crippen LogP contribution in [0, 0.1) is 0 Å². The fourth-order valence-electron chi connectivity index (χ4n) is 2.62. The zero-order valence-electron chi connectivity index (χ0n) is 10.4. The highest BCUT2D eigenvalue weighted by Crippen LogP contribution is 2.21. The third-order valence-corrected chi connectivity index (χ3v) is 3.63. The second kappa shape index (κ2) is 5.06. The van der Waals surface area contributed by atoms with Crippen LogP contribution in [0.1, 0.15) is 41.7 Å². The minimum absolute atomic E-state index is 0.231. The Morgan fingerprint density at radius 1 is 1.33 bits per heavy atom. The molecule has 0 saturated carbocycles. The maximum Gasteiger partial charge on any atom is 0.164 e. The molecule has 1 N–H and O–H groups in total. The lowest BCUT2D eigenvalue weighted by molar-refractivity contribution is 0.0971. The number of aromatic nitrogens is 1. The van der Waals surface area contributed by atoms with Crippen molar-refractivity contribution < 1.29 is 9.53 Å². The molecule has 2 aliphatic rings. The van der Waals surface area contributed by atoms with Crippen LogP contribution in [0.3, 0.4) is 0 Å². The average molecular weight is 246 g/mol. The van der Waals surface area contributed by atoms with Crippen LogP contribution in [0.15, 0.2) is 12.1 Å². The standard InChI is InChI=1S/C14H18N2O2/c17-13-5-1-4-12-11(13)6-7-14(16-12)15-9-10-3-2-8-18-10/h6-7,10H,1-5,8-9H2,(H,15,16). The number of aryl methyl sites for hydroxylation is 1. The molecule has 0 spiro atoms. The van der Waals surface area contributed by atoms with Crippen LogP contribution in [0.5, 0.6) is 0 Å². The molecule has 1 aromatic heterocycles. The van der Waals surface area contributed by atoms with Crippen LogP contribution < -0.4 is 5.32 Å². The molecule has 3 rings (SSSR count). The highest BCUT2D eigenvalue weighted by molar-refractivity contribution is 5.98. The van der Waals surface area contributed by atoms with E-state index in [-0.39, 0.29) is 5.78 Å². The Kier molecular flexibility index (Phi) is 3.28. The maximum absolute atomic E-state index is 11.7. The van der Waals surface area contributed by atoms with E-state index in [2.05, 4.69) is 10.3 Å². The Labute approximate surface area is 107 Å². The van der Waals surface area contributed by atoms with Crippen molar-refractivity contribution in [3.8, 4) is 0 Å². The van der Waals surface area contributed by atoms with E-state index in [0.717, 1.165) is 55.9 Å². The van der Waals surface area contributed by atoms with Crippen LogP contribution in [0.2, 0.25) is 0 Å². The van der Waals surface area contributed by atoms with Gasteiger partial charge in [-0.3, -0.25) is 4.79 Å². The van der Waals surface area contributed by atoms with E-state index in [4.69, 9.17) is 4.74 Å². The van der Waals surface area contributed by atoms with E-state index in [1.165, 1.54) is 0 Å². The van der Waals surface area contributed by atoms with Crippen molar-refractivity contribution in [2.75, 3.05) is 18.5 Å². The van der Waals surface area contributed by atoms with Gasteiger partial charge in [-0.1, -0.05) is 0 Å². The molecule has 0 amide bonds. The van der Waals surface area contributed by atoms with Crippen molar-refractivity contribution >= 4 is 11.6 Å². The van der Waals surface area contributed by atoms with E-state index in [1.807, 2.05) is 12.1 Å². The molecule has 4 heteroatoms. The predicted molar refractivity (Wildman–Crippen MR) is 69.0 cm³/mol. The van der Waals surface area contributed by atoms with E-state index in [9.17, 15) is 4.79 Å². The summed E-state index contributed by atoms with van der Waals surface area (Å²) in [5, 5.41) is 3.30. The number of hydrogen-bond acceptors (Lipinski definition) is 4. The summed E-state index contributed by atoms with van der Waals surface area (Å²) in [5.41, 5.74) is 1.76. The molecule has 1 saturated heterocycles. The maximum atomic E-state index is 11.7. The van der Waals surface area contributed by atoms with Crippen LogP contribution in [-0.2, 0) is 11.2 Å². The van der Waals surface area contributed by atoms with Crippen LogP contribution in [-0.4, -0.2) is 30.0 Å². The second-order valence-electron chi connectivity index (χ2n) is 4.98. The van der Waals surface area contributed by atoms with Gasteiger partial charge in [-0.15, -0.1) is 0 Å². The molecule has 1 aliphatic carbocycles. The van der Waals surface area contributed by atoms with Crippen molar-refractivity contribution in [1.82, 2.24) is 4.98 Å². The Morgan fingerprint density at radius 2 is 2.28 bits per heavy atom. The third kappa shape index (κ3) is 2.38. The quantitative estimate of drug-likeness (QED) is 0.888. The molecule has 96 valence electrons. The second-order valence-corrected chi connectivity index (χ2v) is 4.98. The normalized spacial score (nSPS) is 22.9. The van der Waals surface area contributed by atoms with Crippen molar-refractivity contribution in [3.05, 3.63) is 23.4 Å². The molecule has 1 atom stereocenters. The predicted octanol–water partition coefficient (Wildman–Crippen LogP) is 2.19. The van der Waals surface area contributed by atoms with E-state index >= 15 is 0 Å². The van der Waals surface area contributed by atoms with Gasteiger partial charge in [0.2, 0.25) is 0 Å². The fraction of sp³-hybridized carbons (Fsp3) is 0.571. The summed E-state index contributed by atoms with van der Waals surface area (Å²) in [6, 6.07) is 3.80. The smallest absolute Gasteiger partial charge is 0.164 e. The molecular formula is C14H18N2O2. The largest absolute Gasteiger partial charge is 0.376 e. The van der Waals surface area contributed by atoms with Gasteiger partial charge in [0, 0.05) is 25.1 Å². The summed E-state index contributed by atoms with van der Waals surface area (Å²) < 4.78 is 5.56. The van der Waals surface area contributed by atoms with E-state index < -0.39 is 0 Å². The molecule has 1 aliphatic heterocycles.